The summed E-state index contributed by atoms with van der Waals surface area (Å²) in [6, 6.07) is 14.2. The van der Waals surface area contributed by atoms with E-state index in [0.717, 1.165) is 41.9 Å². The van der Waals surface area contributed by atoms with Gasteiger partial charge in [0.25, 0.3) is 11.1 Å². The molecular formula is C21H24N2O4S. The third-order valence-corrected chi connectivity index (χ3v) is 5.31. The lowest BCUT2D eigenvalue weighted by Gasteiger charge is -2.12. The van der Waals surface area contributed by atoms with E-state index >= 15 is 0 Å². The van der Waals surface area contributed by atoms with Gasteiger partial charge in [0.15, 0.2) is 0 Å². The lowest BCUT2D eigenvalue weighted by molar-refractivity contribution is 0.0679. The van der Waals surface area contributed by atoms with Crippen LogP contribution in [0.3, 0.4) is 0 Å². The predicted molar refractivity (Wildman–Crippen MR) is 110 cm³/mol. The van der Waals surface area contributed by atoms with Gasteiger partial charge in [-0.25, -0.2) is 0 Å². The number of carbonyl (C=O) groups is 2. The van der Waals surface area contributed by atoms with Crippen LogP contribution in [0, 0.1) is 0 Å². The molecule has 2 aromatic rings. The fourth-order valence-corrected chi connectivity index (χ4v) is 3.33. The van der Waals surface area contributed by atoms with Crippen LogP contribution in [0.1, 0.15) is 23.2 Å². The summed E-state index contributed by atoms with van der Waals surface area (Å²) in [6.07, 6.45) is 2.27. The summed E-state index contributed by atoms with van der Waals surface area (Å²) in [5.41, 5.74) is 1.22. The Balaban J connectivity index is 1.51. The zero-order chi connectivity index (χ0) is 19.9. The van der Waals surface area contributed by atoms with Crippen molar-refractivity contribution in [3.05, 3.63) is 54.1 Å². The van der Waals surface area contributed by atoms with Crippen molar-refractivity contribution in [1.29, 1.82) is 0 Å². The molecule has 0 saturated carbocycles. The van der Waals surface area contributed by atoms with E-state index in [1.54, 1.807) is 50.5 Å². The number of ether oxygens (including phenoxy) is 2. The Bertz CT molecular complexity index is 800. The molecule has 1 atom stereocenters. The second-order valence-corrected chi connectivity index (χ2v) is 7.74. The molecule has 2 aromatic carbocycles. The Kier molecular flexibility index (Phi) is 6.95. The summed E-state index contributed by atoms with van der Waals surface area (Å²) in [5, 5.41) is 2.81. The lowest BCUT2D eigenvalue weighted by Crippen LogP contribution is -2.16. The summed E-state index contributed by atoms with van der Waals surface area (Å²) < 4.78 is 11.2. The Morgan fingerprint density at radius 3 is 2.46 bits per heavy atom. The number of hydrogen-bond donors (Lipinski definition) is 1. The molecule has 1 heterocycles. The number of carbonyl (C=O) groups excluding carboxylic acids is 2. The van der Waals surface area contributed by atoms with Crippen LogP contribution in [0.15, 0.2) is 53.4 Å². The van der Waals surface area contributed by atoms with Crippen LogP contribution < -0.4 is 10.1 Å². The largest absolute Gasteiger partial charge is 0.491 e. The molecule has 1 aliphatic heterocycles. The Morgan fingerprint density at radius 1 is 1.14 bits per heavy atom. The van der Waals surface area contributed by atoms with E-state index in [-0.39, 0.29) is 17.3 Å². The van der Waals surface area contributed by atoms with Gasteiger partial charge in [-0.2, -0.15) is 0 Å². The van der Waals surface area contributed by atoms with Crippen LogP contribution >= 0.6 is 11.8 Å². The van der Waals surface area contributed by atoms with Crippen LogP contribution in [0.2, 0.25) is 0 Å². The highest BCUT2D eigenvalue weighted by atomic mass is 32.2. The highest BCUT2D eigenvalue weighted by Crippen LogP contribution is 2.23. The van der Waals surface area contributed by atoms with Crippen molar-refractivity contribution >= 4 is 28.6 Å². The molecule has 3 rings (SSSR count). The summed E-state index contributed by atoms with van der Waals surface area (Å²) in [6.45, 7) is 1.34. The molecular weight excluding hydrogens is 376 g/mol. The Labute approximate surface area is 169 Å². The SMILES string of the molecule is CN(C)C(=O)Sc1ccc(NC(=O)c2ccc(OCC3CCCO3)cc2)cc1. The van der Waals surface area contributed by atoms with Gasteiger partial charge < -0.3 is 19.7 Å². The maximum Gasteiger partial charge on any atom is 0.285 e. The smallest absolute Gasteiger partial charge is 0.285 e. The normalized spacial score (nSPS) is 15.9. The minimum atomic E-state index is -0.199. The molecule has 1 saturated heterocycles. The monoisotopic (exact) mass is 400 g/mol. The molecule has 0 bridgehead atoms. The van der Waals surface area contributed by atoms with Crippen molar-refractivity contribution in [1.82, 2.24) is 4.90 Å². The lowest BCUT2D eigenvalue weighted by atomic mass is 10.2. The van der Waals surface area contributed by atoms with Crippen molar-refractivity contribution in [3.63, 3.8) is 0 Å². The maximum atomic E-state index is 12.4. The van der Waals surface area contributed by atoms with E-state index in [2.05, 4.69) is 5.32 Å². The molecule has 1 fully saturated rings. The van der Waals surface area contributed by atoms with E-state index < -0.39 is 0 Å². The van der Waals surface area contributed by atoms with Gasteiger partial charge in [-0.1, -0.05) is 0 Å². The number of nitrogens with zero attached hydrogens (tertiary/aromatic N) is 1. The highest BCUT2D eigenvalue weighted by molar-refractivity contribution is 8.13. The van der Waals surface area contributed by atoms with Gasteiger partial charge in [-0.15, -0.1) is 0 Å². The average Bonchev–Trinajstić information content (AvgIpc) is 3.22. The highest BCUT2D eigenvalue weighted by Gasteiger charge is 2.16. The van der Waals surface area contributed by atoms with E-state index in [4.69, 9.17) is 9.47 Å². The number of hydrogen-bond acceptors (Lipinski definition) is 5. The summed E-state index contributed by atoms with van der Waals surface area (Å²) in [4.78, 5) is 26.5. The molecule has 0 aromatic heterocycles. The minimum absolute atomic E-state index is 0.0430. The first kappa shape index (κ1) is 20.2. The number of thioether (sulfide) groups is 1. The van der Waals surface area contributed by atoms with Crippen LogP contribution in [0.5, 0.6) is 5.75 Å². The molecule has 0 spiro atoms. The van der Waals surface area contributed by atoms with Crippen LogP contribution in [0.4, 0.5) is 10.5 Å². The van der Waals surface area contributed by atoms with Crippen LogP contribution in [0.25, 0.3) is 0 Å². The van der Waals surface area contributed by atoms with Crippen molar-refractivity contribution < 1.29 is 19.1 Å². The molecule has 2 amide bonds. The third-order valence-electron chi connectivity index (χ3n) is 4.26. The quantitative estimate of drug-likeness (QED) is 0.734. The number of amides is 2. The second-order valence-electron chi connectivity index (χ2n) is 6.71. The summed E-state index contributed by atoms with van der Waals surface area (Å²) >= 11 is 1.14. The number of anilines is 1. The van der Waals surface area contributed by atoms with Gasteiger partial charge in [0, 0.05) is 36.8 Å². The minimum Gasteiger partial charge on any atom is -0.491 e. The first-order valence-electron chi connectivity index (χ1n) is 9.16. The van der Waals surface area contributed by atoms with E-state index in [1.807, 2.05) is 12.1 Å². The zero-order valence-electron chi connectivity index (χ0n) is 16.0. The van der Waals surface area contributed by atoms with E-state index in [1.165, 1.54) is 4.90 Å². The van der Waals surface area contributed by atoms with Gasteiger partial charge in [-0.3, -0.25) is 9.59 Å². The molecule has 0 aliphatic carbocycles. The fraction of sp³-hybridized carbons (Fsp3) is 0.333. The van der Waals surface area contributed by atoms with Gasteiger partial charge in [0.2, 0.25) is 0 Å². The van der Waals surface area contributed by atoms with Gasteiger partial charge >= 0.3 is 0 Å². The van der Waals surface area contributed by atoms with Gasteiger partial charge in [-0.05, 0) is 73.1 Å². The van der Waals surface area contributed by atoms with Crippen molar-refractivity contribution in [2.75, 3.05) is 32.6 Å². The Morgan fingerprint density at radius 2 is 1.86 bits per heavy atom. The number of nitrogens with one attached hydrogen (secondary N) is 1. The summed E-state index contributed by atoms with van der Waals surface area (Å²) in [7, 11) is 3.42. The standard InChI is InChI=1S/C21H24N2O4S/c1-23(2)21(25)28-19-11-7-16(8-12-19)22-20(24)15-5-9-17(10-6-15)27-14-18-4-3-13-26-18/h5-12,18H,3-4,13-14H2,1-2H3,(H,22,24). The molecule has 28 heavy (non-hydrogen) atoms. The Hall–Kier alpha value is -2.51. The van der Waals surface area contributed by atoms with Crippen molar-refractivity contribution in [3.8, 4) is 5.75 Å². The number of benzene rings is 2. The topological polar surface area (TPSA) is 67.9 Å². The first-order chi connectivity index (χ1) is 13.5. The molecule has 1 N–H and O–H groups in total. The second kappa shape index (κ2) is 9.61. The molecule has 0 radical (unpaired) electrons. The van der Waals surface area contributed by atoms with E-state index in [0.29, 0.717) is 17.9 Å². The predicted octanol–water partition coefficient (Wildman–Crippen LogP) is 4.27. The molecule has 7 heteroatoms. The maximum absolute atomic E-state index is 12.4. The van der Waals surface area contributed by atoms with Gasteiger partial charge in [0.1, 0.15) is 12.4 Å². The van der Waals surface area contributed by atoms with E-state index in [9.17, 15) is 9.59 Å². The molecule has 1 unspecified atom stereocenters. The fourth-order valence-electron chi connectivity index (χ4n) is 2.67. The number of rotatable bonds is 6. The third kappa shape index (κ3) is 5.74. The van der Waals surface area contributed by atoms with Gasteiger partial charge in [0.05, 0.1) is 6.10 Å². The molecule has 1 aliphatic rings. The molecule has 6 nitrogen and oxygen atoms in total. The van der Waals surface area contributed by atoms with Crippen LogP contribution in [-0.4, -0.2) is 49.5 Å². The van der Waals surface area contributed by atoms with Crippen LogP contribution in [-0.2, 0) is 4.74 Å². The van der Waals surface area contributed by atoms with Crippen molar-refractivity contribution in [2.24, 2.45) is 0 Å². The molecule has 148 valence electrons. The van der Waals surface area contributed by atoms with Crippen molar-refractivity contribution in [2.45, 2.75) is 23.8 Å². The first-order valence-corrected chi connectivity index (χ1v) is 9.98. The average molecular weight is 401 g/mol. The zero-order valence-corrected chi connectivity index (χ0v) is 16.8. The summed E-state index contributed by atoms with van der Waals surface area (Å²) in [5.74, 6) is 0.523.